The fraction of sp³-hybridized carbons (Fsp3) is 0.421. The predicted molar refractivity (Wildman–Crippen MR) is 103 cm³/mol. The van der Waals surface area contributed by atoms with E-state index in [0.717, 1.165) is 24.1 Å². The number of carbonyl (C=O) groups excluding carboxylic acids is 1. The van der Waals surface area contributed by atoms with Crippen molar-refractivity contribution in [3.8, 4) is 0 Å². The van der Waals surface area contributed by atoms with E-state index in [-0.39, 0.29) is 11.3 Å². The lowest BCUT2D eigenvalue weighted by atomic mass is 9.63. The van der Waals surface area contributed by atoms with Crippen LogP contribution in [0, 0.1) is 11.3 Å². The van der Waals surface area contributed by atoms with E-state index in [1.165, 1.54) is 0 Å². The summed E-state index contributed by atoms with van der Waals surface area (Å²) in [6.07, 6.45) is 1.49. The Bertz CT molecular complexity index is 1020. The van der Waals surface area contributed by atoms with Crippen molar-refractivity contribution < 1.29 is 4.79 Å². The molecule has 136 valence electrons. The molecular weight excluding hydrogens is 373 g/mol. The van der Waals surface area contributed by atoms with Crippen LogP contribution in [0.3, 0.4) is 0 Å². The van der Waals surface area contributed by atoms with E-state index in [4.69, 9.17) is 23.2 Å². The smallest absolute Gasteiger partial charge is 0.270 e. The lowest BCUT2D eigenvalue weighted by Gasteiger charge is -2.40. The van der Waals surface area contributed by atoms with Crippen LogP contribution in [0.4, 0.5) is 5.82 Å². The molecule has 4 rings (SSSR count). The van der Waals surface area contributed by atoms with Crippen molar-refractivity contribution in [3.05, 3.63) is 49.7 Å². The molecule has 2 heterocycles. The van der Waals surface area contributed by atoms with Gasteiger partial charge in [-0.05, 0) is 30.5 Å². The van der Waals surface area contributed by atoms with Crippen LogP contribution in [0.15, 0.2) is 28.0 Å². The molecule has 1 aliphatic carbocycles. The summed E-state index contributed by atoms with van der Waals surface area (Å²) in [5, 5.41) is 3.62. The van der Waals surface area contributed by atoms with Crippen molar-refractivity contribution in [2.75, 3.05) is 0 Å². The van der Waals surface area contributed by atoms with Gasteiger partial charge in [0.15, 0.2) is 5.82 Å². The van der Waals surface area contributed by atoms with Crippen LogP contribution in [0.25, 0.3) is 0 Å². The number of H-pyrrole nitrogens is 1. The number of halogens is 2. The molecule has 1 fully saturated rings. The average molecular weight is 392 g/mol. The number of fused-ring (bicyclic) bond motifs is 2. The number of aromatic amines is 1. The van der Waals surface area contributed by atoms with Crippen molar-refractivity contribution in [2.45, 2.75) is 32.6 Å². The Kier molecular flexibility index (Phi) is 3.93. The van der Waals surface area contributed by atoms with Crippen LogP contribution in [0.2, 0.25) is 10.0 Å². The van der Waals surface area contributed by atoms with Gasteiger partial charge in [0.05, 0.1) is 21.5 Å². The summed E-state index contributed by atoms with van der Waals surface area (Å²) in [7, 11) is 1.76. The molecule has 2 atom stereocenters. The Morgan fingerprint density at radius 1 is 1.19 bits per heavy atom. The number of hydrogen-bond acceptors (Lipinski definition) is 3. The van der Waals surface area contributed by atoms with Crippen molar-refractivity contribution >= 4 is 40.5 Å². The van der Waals surface area contributed by atoms with Gasteiger partial charge < -0.3 is 0 Å². The fourth-order valence-electron chi connectivity index (χ4n) is 4.09. The van der Waals surface area contributed by atoms with Crippen LogP contribution in [-0.2, 0) is 11.8 Å². The van der Waals surface area contributed by atoms with Gasteiger partial charge in [-0.1, -0.05) is 43.1 Å². The van der Waals surface area contributed by atoms with Crippen LogP contribution in [-0.4, -0.2) is 21.3 Å². The summed E-state index contributed by atoms with van der Waals surface area (Å²) in [5.74, 6) is -0.159. The number of aryl methyl sites for hydroxylation is 1. The molecule has 2 aromatic rings. The zero-order valence-electron chi connectivity index (χ0n) is 14.8. The van der Waals surface area contributed by atoms with Gasteiger partial charge in [-0.25, -0.2) is 4.99 Å². The third-order valence-corrected chi connectivity index (χ3v) is 6.32. The Morgan fingerprint density at radius 2 is 1.92 bits per heavy atom. The van der Waals surface area contributed by atoms with Crippen molar-refractivity contribution in [3.63, 3.8) is 0 Å². The Hall–Kier alpha value is -1.85. The van der Waals surface area contributed by atoms with Crippen molar-refractivity contribution in [1.82, 2.24) is 9.78 Å². The fourth-order valence-corrected chi connectivity index (χ4v) is 4.40. The minimum atomic E-state index is -0.452. The highest BCUT2D eigenvalue weighted by atomic mass is 35.5. The molecule has 2 aliphatic rings. The van der Waals surface area contributed by atoms with Gasteiger partial charge in [-0.3, -0.25) is 19.4 Å². The lowest BCUT2D eigenvalue weighted by molar-refractivity contribution is -0.130. The van der Waals surface area contributed by atoms with Crippen molar-refractivity contribution in [2.24, 2.45) is 23.4 Å². The van der Waals surface area contributed by atoms with E-state index >= 15 is 0 Å². The third-order valence-electron chi connectivity index (χ3n) is 5.58. The Morgan fingerprint density at radius 3 is 2.62 bits per heavy atom. The summed E-state index contributed by atoms with van der Waals surface area (Å²) in [6, 6.07) is 5.30. The number of rotatable bonds is 1. The number of benzene rings is 1. The number of Topliss-reactive ketones (excluding diaryl/α,β-unsaturated/α-hetero) is 1. The molecule has 26 heavy (non-hydrogen) atoms. The first-order valence-electron chi connectivity index (χ1n) is 8.56. The van der Waals surface area contributed by atoms with Gasteiger partial charge in [0.2, 0.25) is 0 Å². The Balaban J connectivity index is 1.99. The minimum absolute atomic E-state index is 0.118. The van der Waals surface area contributed by atoms with E-state index in [0.29, 0.717) is 21.4 Å². The highest BCUT2D eigenvalue weighted by Gasteiger charge is 2.49. The number of ketones is 1. The molecule has 1 saturated carbocycles. The molecule has 0 spiro atoms. The molecule has 1 aliphatic heterocycles. The monoisotopic (exact) mass is 391 g/mol. The van der Waals surface area contributed by atoms with E-state index in [1.807, 2.05) is 19.9 Å². The van der Waals surface area contributed by atoms with Gasteiger partial charge in [0.25, 0.3) is 5.56 Å². The average Bonchev–Trinajstić information content (AvgIpc) is 2.86. The van der Waals surface area contributed by atoms with E-state index < -0.39 is 17.3 Å². The maximum Gasteiger partial charge on any atom is 0.270 e. The zero-order valence-corrected chi connectivity index (χ0v) is 16.3. The number of nitrogens with one attached hydrogen (secondary N) is 1. The maximum atomic E-state index is 13.3. The number of carbonyl (C=O) groups is 1. The number of nitrogens with zero attached hydrogens (tertiary/aromatic N) is 2. The quantitative estimate of drug-likeness (QED) is 0.789. The SMILES string of the molecule is Cn1[nH]c(=O)c2c1N=C1CCC(C)(C)C(=O)C1C2c1ccc(Cl)c(Cl)c1. The molecule has 0 radical (unpaired) electrons. The topological polar surface area (TPSA) is 67.2 Å². The molecule has 0 amide bonds. The second-order valence-corrected chi connectivity index (χ2v) is 8.53. The standard InChI is InChI=1S/C19H19Cl2N3O2/c1-19(2)7-6-12-14(16(19)25)13(9-4-5-10(20)11(21)8-9)15-17(22-12)24(3)23-18(15)26/h4-5,8,13-14H,6-7H2,1-3H3,(H,23,26). The highest BCUT2D eigenvalue weighted by Crippen LogP contribution is 2.48. The van der Waals surface area contributed by atoms with Crippen LogP contribution < -0.4 is 5.56 Å². The van der Waals surface area contributed by atoms with Crippen LogP contribution in [0.5, 0.6) is 0 Å². The third kappa shape index (κ3) is 2.48. The maximum absolute atomic E-state index is 13.3. The second-order valence-electron chi connectivity index (χ2n) is 7.72. The summed E-state index contributed by atoms with van der Waals surface area (Å²) in [6.45, 7) is 3.92. The molecule has 1 aromatic carbocycles. The molecule has 7 heteroatoms. The molecule has 5 nitrogen and oxygen atoms in total. The van der Waals surface area contributed by atoms with Gasteiger partial charge in [0.1, 0.15) is 5.78 Å². The lowest BCUT2D eigenvalue weighted by Crippen LogP contribution is -2.45. The number of aliphatic imine (C=N–C) groups is 1. The van der Waals surface area contributed by atoms with Gasteiger partial charge in [-0.15, -0.1) is 0 Å². The summed E-state index contributed by atoms with van der Waals surface area (Å²) < 4.78 is 1.62. The molecule has 1 N–H and O–H groups in total. The molecule has 0 saturated heterocycles. The number of hydrogen-bond donors (Lipinski definition) is 1. The van der Waals surface area contributed by atoms with E-state index in [1.54, 1.807) is 23.9 Å². The largest absolute Gasteiger partial charge is 0.298 e. The highest BCUT2D eigenvalue weighted by molar-refractivity contribution is 6.42. The first kappa shape index (κ1) is 17.6. The Labute approximate surface area is 161 Å². The minimum Gasteiger partial charge on any atom is -0.298 e. The van der Waals surface area contributed by atoms with Crippen LogP contribution >= 0.6 is 23.2 Å². The molecule has 1 aromatic heterocycles. The van der Waals surface area contributed by atoms with Crippen LogP contribution in [0.1, 0.15) is 43.7 Å². The van der Waals surface area contributed by atoms with E-state index in [2.05, 4.69) is 10.1 Å². The molecule has 0 bridgehead atoms. The summed E-state index contributed by atoms with van der Waals surface area (Å²) in [5.41, 5.74) is 1.49. The molecule has 2 unspecified atom stereocenters. The summed E-state index contributed by atoms with van der Waals surface area (Å²) >= 11 is 12.3. The zero-order chi connectivity index (χ0) is 18.8. The first-order valence-corrected chi connectivity index (χ1v) is 9.32. The molecular formula is C19H19Cl2N3O2. The number of aromatic nitrogens is 2. The van der Waals surface area contributed by atoms with Gasteiger partial charge in [0, 0.05) is 24.1 Å². The first-order chi connectivity index (χ1) is 12.2. The second kappa shape index (κ2) is 5.83. The van der Waals surface area contributed by atoms with Gasteiger partial charge >= 0.3 is 0 Å². The predicted octanol–water partition coefficient (Wildman–Crippen LogP) is 4.24. The van der Waals surface area contributed by atoms with E-state index in [9.17, 15) is 9.59 Å². The normalized spacial score (nSPS) is 24.0. The van der Waals surface area contributed by atoms with Gasteiger partial charge in [-0.2, -0.15) is 0 Å². The summed E-state index contributed by atoms with van der Waals surface area (Å²) in [4.78, 5) is 30.6. The van der Waals surface area contributed by atoms with Crippen molar-refractivity contribution in [1.29, 1.82) is 0 Å².